The average Bonchev–Trinajstić information content (AvgIpc) is 3.68. The molecule has 0 aliphatic heterocycles. The maximum atomic E-state index is 12.3. The van der Waals surface area contributed by atoms with Crippen molar-refractivity contribution >= 4 is 76.1 Å². The number of hydrogen-bond donors (Lipinski definition) is 2. The minimum Gasteiger partial charge on any atom is -0.744 e. The summed E-state index contributed by atoms with van der Waals surface area (Å²) in [6.45, 7) is 1.60. The quantitative estimate of drug-likeness (QED) is 0.0778. The summed E-state index contributed by atoms with van der Waals surface area (Å²) in [5.41, 5.74) is 7.50. The van der Waals surface area contributed by atoms with Crippen molar-refractivity contribution in [3.63, 3.8) is 0 Å². The molecular weight excluding hydrogens is 680 g/mol. The monoisotopic (exact) mass is 700 g/mol. The Bertz CT molecular complexity index is 2450. The smallest absolute Gasteiger partial charge is 0.744 e. The van der Waals surface area contributed by atoms with Gasteiger partial charge in [0.05, 0.1) is 36.7 Å². The van der Waals surface area contributed by atoms with E-state index in [0.717, 1.165) is 32.4 Å². The number of aryl methyl sites for hydroxylation is 1. The summed E-state index contributed by atoms with van der Waals surface area (Å²) >= 11 is 2.66. The predicted octanol–water partition coefficient (Wildman–Crippen LogP) is 4.92. The third kappa shape index (κ3) is 6.91. The summed E-state index contributed by atoms with van der Waals surface area (Å²) < 4.78 is 37.0. The van der Waals surface area contributed by atoms with Gasteiger partial charge in [-0.05, 0) is 73.2 Å². The fourth-order valence-corrected chi connectivity index (χ4v) is 8.11. The summed E-state index contributed by atoms with van der Waals surface area (Å²) in [6, 6.07) is 25.4. The van der Waals surface area contributed by atoms with Crippen molar-refractivity contribution in [3.8, 4) is 21.1 Å². The van der Waals surface area contributed by atoms with Crippen LogP contribution in [-0.4, -0.2) is 39.5 Å². The van der Waals surface area contributed by atoms with E-state index in [4.69, 9.17) is 4.98 Å². The van der Waals surface area contributed by atoms with Crippen LogP contribution in [0.25, 0.3) is 41.6 Å². The van der Waals surface area contributed by atoms with Crippen LogP contribution in [0, 0.1) is 6.92 Å². The molecule has 0 fully saturated rings. The molecule has 0 bridgehead atoms. The second kappa shape index (κ2) is 13.6. The van der Waals surface area contributed by atoms with Gasteiger partial charge in [-0.15, -0.1) is 27.8 Å². The number of aliphatic hydroxyl groups excluding tert-OH is 1. The molecule has 0 amide bonds. The molecule has 11 nitrogen and oxygen atoms in total. The van der Waals surface area contributed by atoms with Crippen LogP contribution in [0.3, 0.4) is 0 Å². The Hall–Kier alpha value is -4.41. The Kier molecular flexibility index (Phi) is 9.49. The van der Waals surface area contributed by atoms with Gasteiger partial charge in [-0.1, -0.05) is 24.3 Å². The second-order valence-corrected chi connectivity index (χ2v) is 13.7. The molecule has 48 heavy (non-hydrogen) atoms. The van der Waals surface area contributed by atoms with Crippen molar-refractivity contribution in [2.24, 2.45) is 15.3 Å². The number of hydrazone groups is 1. The number of fused-ring (bicyclic) bond motifs is 2. The molecule has 6 aromatic rings. The Morgan fingerprint density at radius 2 is 1.52 bits per heavy atom. The molecule has 0 atom stereocenters. The topological polar surface area (TPSA) is 169 Å². The predicted molar refractivity (Wildman–Crippen MR) is 182 cm³/mol. The van der Waals surface area contributed by atoms with Crippen LogP contribution in [0.2, 0.25) is 0 Å². The standard InChI is InChI=1S/C33H22N6O5S3.Na/c1-18-7-13-24-30(31(18)47(42,43)44)46-33(35-24)20-10-14-23-29(15-20)45-32(34-23)19-8-11-22(12-9-19)37-39-26-16-25(27(40)17-28(26)41)38-36-21-5-3-2-4-6-21;/h2-17,36,41H,1H3,(H,42,43,44);/q;+1/p-1/b38-25-,39-37?;. The third-order valence-electron chi connectivity index (χ3n) is 7.12. The minimum absolute atomic E-state index is 0. The number of rotatable bonds is 7. The molecule has 0 saturated carbocycles. The number of anilines is 1. The van der Waals surface area contributed by atoms with Gasteiger partial charge in [0.1, 0.15) is 37.3 Å². The van der Waals surface area contributed by atoms with Crippen LogP contribution >= 0.6 is 22.7 Å². The second-order valence-electron chi connectivity index (χ2n) is 10.4. The van der Waals surface area contributed by atoms with Crippen molar-refractivity contribution in [2.45, 2.75) is 11.8 Å². The minimum atomic E-state index is -4.66. The molecule has 7 rings (SSSR count). The Balaban J connectivity index is 0.00000401. The van der Waals surface area contributed by atoms with E-state index < -0.39 is 15.9 Å². The molecule has 0 radical (unpaired) electrons. The van der Waals surface area contributed by atoms with Crippen LogP contribution in [0.4, 0.5) is 11.4 Å². The van der Waals surface area contributed by atoms with Crippen LogP contribution in [0.5, 0.6) is 0 Å². The number of allylic oxidation sites excluding steroid dienone is 2. The number of nitrogens with one attached hydrogen (secondary N) is 1. The van der Waals surface area contributed by atoms with Gasteiger partial charge in [-0.3, -0.25) is 10.2 Å². The zero-order valence-electron chi connectivity index (χ0n) is 25.3. The number of para-hydroxylation sites is 1. The van der Waals surface area contributed by atoms with E-state index >= 15 is 0 Å². The fraction of sp³-hybridized carbons (Fsp3) is 0.0303. The van der Waals surface area contributed by atoms with Gasteiger partial charge in [0.25, 0.3) is 0 Å². The Morgan fingerprint density at radius 3 is 2.27 bits per heavy atom. The first-order valence-electron chi connectivity index (χ1n) is 14.0. The number of carbonyl (C=O) groups excluding carboxylic acids is 1. The van der Waals surface area contributed by atoms with Gasteiger partial charge < -0.3 is 9.66 Å². The maximum absolute atomic E-state index is 12.3. The van der Waals surface area contributed by atoms with Crippen molar-refractivity contribution < 1.29 is 52.4 Å². The molecule has 2 heterocycles. The number of azo groups is 1. The molecule has 1 aliphatic carbocycles. The first-order valence-corrected chi connectivity index (χ1v) is 17.0. The van der Waals surface area contributed by atoms with E-state index in [0.29, 0.717) is 32.2 Å². The summed E-state index contributed by atoms with van der Waals surface area (Å²) in [7, 11) is -4.66. The Labute approximate surface area is 304 Å². The molecule has 4 aromatic carbocycles. The number of thiazole rings is 2. The molecule has 2 N–H and O–H groups in total. The van der Waals surface area contributed by atoms with E-state index in [9.17, 15) is 22.9 Å². The normalized spacial score (nSPS) is 14.4. The zero-order valence-corrected chi connectivity index (χ0v) is 29.7. The number of benzene rings is 4. The summed E-state index contributed by atoms with van der Waals surface area (Å²) in [5, 5.41) is 24.1. The summed E-state index contributed by atoms with van der Waals surface area (Å²) in [5.74, 6) is -0.768. The van der Waals surface area contributed by atoms with Gasteiger partial charge in [-0.2, -0.15) is 10.2 Å². The summed E-state index contributed by atoms with van der Waals surface area (Å²) in [4.78, 5) is 21.4. The first-order chi connectivity index (χ1) is 22.6. The number of ketones is 1. The SMILES string of the molecule is Cc1ccc2nc(-c3ccc4nc(-c5ccc(N=NC6=C/C(=N/Nc7ccccc7)C(=O)C=C6O)cc5)sc4c3)sc2c1S(=O)(=O)[O-].[Na+]. The first kappa shape index (κ1) is 33.5. The molecule has 0 spiro atoms. The fourth-order valence-electron chi connectivity index (χ4n) is 4.82. The van der Waals surface area contributed by atoms with E-state index in [1.54, 1.807) is 43.3 Å². The van der Waals surface area contributed by atoms with Crippen molar-refractivity contribution in [1.29, 1.82) is 0 Å². The van der Waals surface area contributed by atoms with E-state index in [1.165, 1.54) is 28.7 Å². The van der Waals surface area contributed by atoms with Gasteiger partial charge in [0, 0.05) is 23.3 Å². The van der Waals surface area contributed by atoms with Crippen LogP contribution in [0.15, 0.2) is 129 Å². The maximum Gasteiger partial charge on any atom is 1.00 e. The number of nitrogens with zero attached hydrogens (tertiary/aromatic N) is 5. The van der Waals surface area contributed by atoms with E-state index in [-0.39, 0.29) is 51.6 Å². The van der Waals surface area contributed by atoms with E-state index in [1.807, 2.05) is 48.5 Å². The largest absolute Gasteiger partial charge is 1.00 e. The Morgan fingerprint density at radius 1 is 0.833 bits per heavy atom. The van der Waals surface area contributed by atoms with Gasteiger partial charge in [-0.25, -0.2) is 18.4 Å². The molecule has 232 valence electrons. The van der Waals surface area contributed by atoms with Crippen LogP contribution in [0.1, 0.15) is 5.56 Å². The average molecular weight is 701 g/mol. The number of aromatic nitrogens is 2. The molecular formula is C33H21N6NaO5S3. The van der Waals surface area contributed by atoms with Gasteiger partial charge in [0.15, 0.2) is 0 Å². The molecule has 1 aliphatic rings. The molecule has 0 saturated heterocycles. The molecule has 15 heteroatoms. The van der Waals surface area contributed by atoms with Crippen molar-refractivity contribution in [2.75, 3.05) is 5.43 Å². The number of hydrogen-bond acceptors (Lipinski definition) is 13. The van der Waals surface area contributed by atoms with Crippen LogP contribution in [-0.2, 0) is 14.9 Å². The van der Waals surface area contributed by atoms with Crippen LogP contribution < -0.4 is 35.0 Å². The number of aliphatic hydroxyl groups is 1. The van der Waals surface area contributed by atoms with Gasteiger partial charge >= 0.3 is 29.6 Å². The third-order valence-corrected chi connectivity index (χ3v) is 10.5. The molecule has 0 unspecified atom stereocenters. The van der Waals surface area contributed by atoms with Gasteiger partial charge in [0.2, 0.25) is 5.78 Å². The zero-order chi connectivity index (χ0) is 32.7. The van der Waals surface area contributed by atoms with Crippen molar-refractivity contribution in [1.82, 2.24) is 9.97 Å². The van der Waals surface area contributed by atoms with Crippen molar-refractivity contribution in [3.05, 3.63) is 114 Å². The number of carbonyl (C=O) groups is 1. The van der Waals surface area contributed by atoms with E-state index in [2.05, 4.69) is 25.7 Å². The summed E-state index contributed by atoms with van der Waals surface area (Å²) in [6.07, 6.45) is 2.41. The molecule has 2 aromatic heterocycles.